The van der Waals surface area contributed by atoms with Crippen molar-refractivity contribution in [2.75, 3.05) is 31.1 Å². The van der Waals surface area contributed by atoms with Crippen LogP contribution in [0.5, 0.6) is 0 Å². The number of aryl methyl sites for hydroxylation is 1. The lowest BCUT2D eigenvalue weighted by molar-refractivity contribution is -0.384. The Morgan fingerprint density at radius 2 is 2.44 bits per heavy atom. The average Bonchev–Trinajstić information content (AvgIpc) is 2.38. The molecule has 2 rings (SSSR count). The summed E-state index contributed by atoms with van der Waals surface area (Å²) < 4.78 is 5.45. The summed E-state index contributed by atoms with van der Waals surface area (Å²) in [6.07, 6.45) is -0.0966. The first-order valence-electron chi connectivity index (χ1n) is 5.80. The van der Waals surface area contributed by atoms with E-state index in [4.69, 9.17) is 10.5 Å². The zero-order chi connectivity index (χ0) is 13.1. The third kappa shape index (κ3) is 2.57. The van der Waals surface area contributed by atoms with Crippen molar-refractivity contribution in [3.8, 4) is 0 Å². The number of pyridine rings is 1. The van der Waals surface area contributed by atoms with Crippen LogP contribution in [0.15, 0.2) is 12.1 Å². The lowest BCUT2D eigenvalue weighted by atomic mass is 10.2. The Balaban J connectivity index is 2.31. The fraction of sp³-hybridized carbons (Fsp3) is 0.545. The lowest BCUT2D eigenvalue weighted by Gasteiger charge is -2.32. The van der Waals surface area contributed by atoms with E-state index in [9.17, 15) is 10.1 Å². The van der Waals surface area contributed by atoms with Gasteiger partial charge in [-0.05, 0) is 13.0 Å². The van der Waals surface area contributed by atoms with Crippen molar-refractivity contribution in [2.24, 2.45) is 5.73 Å². The lowest BCUT2D eigenvalue weighted by Crippen LogP contribution is -2.46. The summed E-state index contributed by atoms with van der Waals surface area (Å²) in [6.45, 7) is 3.85. The van der Waals surface area contributed by atoms with E-state index in [0.717, 1.165) is 5.69 Å². The molecule has 1 atom stereocenters. The summed E-state index contributed by atoms with van der Waals surface area (Å²) in [5.41, 5.74) is 6.35. The van der Waals surface area contributed by atoms with Gasteiger partial charge in [-0.3, -0.25) is 10.1 Å². The van der Waals surface area contributed by atoms with Crippen LogP contribution in [-0.4, -0.2) is 42.3 Å². The minimum Gasteiger partial charge on any atom is -0.373 e. The third-order valence-corrected chi connectivity index (χ3v) is 2.89. The van der Waals surface area contributed by atoms with Gasteiger partial charge in [-0.1, -0.05) is 0 Å². The van der Waals surface area contributed by atoms with Crippen LogP contribution in [0, 0.1) is 17.0 Å². The minimum atomic E-state index is -0.408. The molecule has 1 saturated heterocycles. The normalized spacial score (nSPS) is 19.9. The molecule has 0 aliphatic carbocycles. The van der Waals surface area contributed by atoms with E-state index >= 15 is 0 Å². The Bertz CT molecular complexity index is 452. The molecule has 0 bridgehead atoms. The highest BCUT2D eigenvalue weighted by Gasteiger charge is 2.26. The van der Waals surface area contributed by atoms with Gasteiger partial charge in [0, 0.05) is 31.4 Å². The summed E-state index contributed by atoms with van der Waals surface area (Å²) in [5, 5.41) is 11.0. The monoisotopic (exact) mass is 252 g/mol. The molecule has 1 aromatic rings. The summed E-state index contributed by atoms with van der Waals surface area (Å²) in [7, 11) is 0. The van der Waals surface area contributed by atoms with Gasteiger partial charge in [0.1, 0.15) is 0 Å². The molecular formula is C11H16N4O3. The van der Waals surface area contributed by atoms with E-state index in [1.807, 2.05) is 11.8 Å². The molecule has 1 aromatic heterocycles. The Kier molecular flexibility index (Phi) is 3.73. The Morgan fingerprint density at radius 3 is 3.11 bits per heavy atom. The van der Waals surface area contributed by atoms with Crippen molar-refractivity contribution in [1.82, 2.24) is 4.98 Å². The molecule has 98 valence electrons. The van der Waals surface area contributed by atoms with Gasteiger partial charge in [0.2, 0.25) is 5.82 Å². The van der Waals surface area contributed by atoms with Gasteiger partial charge >= 0.3 is 5.69 Å². The number of morpholine rings is 1. The van der Waals surface area contributed by atoms with Gasteiger partial charge in [-0.15, -0.1) is 0 Å². The first-order chi connectivity index (χ1) is 8.61. The van der Waals surface area contributed by atoms with Crippen molar-refractivity contribution in [3.05, 3.63) is 27.9 Å². The standard InChI is InChI=1S/C11H16N4O3/c1-8-2-3-10(15(16)17)11(13-8)14-4-5-18-9(6-12)7-14/h2-3,9H,4-7,12H2,1H3. The van der Waals surface area contributed by atoms with Crippen LogP contribution >= 0.6 is 0 Å². The van der Waals surface area contributed by atoms with Crippen LogP contribution in [0.1, 0.15) is 5.69 Å². The van der Waals surface area contributed by atoms with Crippen LogP contribution in [0.2, 0.25) is 0 Å². The molecule has 7 heteroatoms. The van der Waals surface area contributed by atoms with Crippen LogP contribution < -0.4 is 10.6 Å². The molecule has 0 saturated carbocycles. The molecule has 7 nitrogen and oxygen atoms in total. The maximum atomic E-state index is 11.0. The average molecular weight is 252 g/mol. The minimum absolute atomic E-state index is 0.0262. The van der Waals surface area contributed by atoms with Crippen molar-refractivity contribution >= 4 is 11.5 Å². The maximum absolute atomic E-state index is 11.0. The largest absolute Gasteiger partial charge is 0.373 e. The van der Waals surface area contributed by atoms with Gasteiger partial charge in [-0.25, -0.2) is 4.98 Å². The van der Waals surface area contributed by atoms with Crippen molar-refractivity contribution in [3.63, 3.8) is 0 Å². The van der Waals surface area contributed by atoms with Crippen molar-refractivity contribution < 1.29 is 9.66 Å². The smallest absolute Gasteiger partial charge is 0.311 e. The number of ether oxygens (including phenoxy) is 1. The highest BCUT2D eigenvalue weighted by Crippen LogP contribution is 2.27. The summed E-state index contributed by atoms with van der Waals surface area (Å²) >= 11 is 0. The molecule has 1 aliphatic heterocycles. The molecule has 0 spiro atoms. The highest BCUT2D eigenvalue weighted by molar-refractivity contribution is 5.58. The summed E-state index contributed by atoms with van der Waals surface area (Å²) in [6, 6.07) is 3.13. The van der Waals surface area contributed by atoms with E-state index in [1.165, 1.54) is 6.07 Å². The maximum Gasteiger partial charge on any atom is 0.311 e. The summed E-state index contributed by atoms with van der Waals surface area (Å²) in [4.78, 5) is 16.7. The van der Waals surface area contributed by atoms with E-state index in [-0.39, 0.29) is 11.8 Å². The van der Waals surface area contributed by atoms with Crippen LogP contribution in [-0.2, 0) is 4.74 Å². The number of hydrogen-bond donors (Lipinski definition) is 1. The zero-order valence-corrected chi connectivity index (χ0v) is 10.2. The predicted octanol–water partition coefficient (Wildman–Crippen LogP) is 0.462. The fourth-order valence-electron chi connectivity index (χ4n) is 1.97. The number of nitrogens with zero attached hydrogens (tertiary/aromatic N) is 3. The molecule has 2 heterocycles. The number of hydrogen-bond acceptors (Lipinski definition) is 6. The molecule has 0 amide bonds. The molecule has 2 N–H and O–H groups in total. The molecule has 18 heavy (non-hydrogen) atoms. The van der Waals surface area contributed by atoms with Crippen molar-refractivity contribution in [1.29, 1.82) is 0 Å². The third-order valence-electron chi connectivity index (χ3n) is 2.89. The highest BCUT2D eigenvalue weighted by atomic mass is 16.6. The number of nitrogens with two attached hydrogens (primary N) is 1. The quantitative estimate of drug-likeness (QED) is 0.620. The molecule has 1 fully saturated rings. The predicted molar refractivity (Wildman–Crippen MR) is 66.6 cm³/mol. The van der Waals surface area contributed by atoms with Crippen LogP contribution in [0.4, 0.5) is 11.5 Å². The van der Waals surface area contributed by atoms with Gasteiger partial charge in [0.05, 0.1) is 17.6 Å². The van der Waals surface area contributed by atoms with Gasteiger partial charge in [0.25, 0.3) is 0 Å². The van der Waals surface area contributed by atoms with Crippen LogP contribution in [0.3, 0.4) is 0 Å². The SMILES string of the molecule is Cc1ccc([N+](=O)[O-])c(N2CCOC(CN)C2)n1. The topological polar surface area (TPSA) is 94.5 Å². The first-order valence-corrected chi connectivity index (χ1v) is 5.80. The van der Waals surface area contributed by atoms with Gasteiger partial charge in [-0.2, -0.15) is 0 Å². The second kappa shape index (κ2) is 5.28. The fourth-order valence-corrected chi connectivity index (χ4v) is 1.97. The molecule has 1 unspecified atom stereocenters. The van der Waals surface area contributed by atoms with E-state index in [2.05, 4.69) is 4.98 Å². The van der Waals surface area contributed by atoms with E-state index < -0.39 is 4.92 Å². The Hall–Kier alpha value is -1.73. The second-order valence-corrected chi connectivity index (χ2v) is 4.23. The first kappa shape index (κ1) is 12.7. The molecule has 0 radical (unpaired) electrons. The van der Waals surface area contributed by atoms with Gasteiger partial charge in [0.15, 0.2) is 0 Å². The second-order valence-electron chi connectivity index (χ2n) is 4.23. The number of nitro groups is 1. The van der Waals surface area contributed by atoms with E-state index in [0.29, 0.717) is 32.1 Å². The Labute approximate surface area is 105 Å². The molecular weight excluding hydrogens is 236 g/mol. The molecule has 0 aromatic carbocycles. The van der Waals surface area contributed by atoms with Gasteiger partial charge < -0.3 is 15.4 Å². The molecule has 1 aliphatic rings. The Morgan fingerprint density at radius 1 is 1.67 bits per heavy atom. The number of aromatic nitrogens is 1. The number of rotatable bonds is 3. The van der Waals surface area contributed by atoms with Crippen LogP contribution in [0.25, 0.3) is 0 Å². The zero-order valence-electron chi connectivity index (χ0n) is 10.2. The van der Waals surface area contributed by atoms with E-state index in [1.54, 1.807) is 6.07 Å². The number of anilines is 1. The van der Waals surface area contributed by atoms with Crippen molar-refractivity contribution in [2.45, 2.75) is 13.0 Å². The summed E-state index contributed by atoms with van der Waals surface area (Å²) in [5.74, 6) is 0.404.